The van der Waals surface area contributed by atoms with E-state index >= 15 is 0 Å². The molecule has 2 rings (SSSR count). The molecule has 1 heterocycles. The Hall–Kier alpha value is -2.38. The van der Waals surface area contributed by atoms with Gasteiger partial charge in [0.15, 0.2) is 5.54 Å². The van der Waals surface area contributed by atoms with Gasteiger partial charge in [-0.25, -0.2) is 10.2 Å². The van der Waals surface area contributed by atoms with Crippen LogP contribution in [0.3, 0.4) is 0 Å². The number of phenolic OH excluding ortho intramolecular Hbond substituents is 1. The van der Waals surface area contributed by atoms with Gasteiger partial charge in [-0.15, -0.1) is 0 Å². The van der Waals surface area contributed by atoms with Gasteiger partial charge in [0.05, 0.1) is 17.8 Å². The number of phenols is 1. The fraction of sp³-hybridized carbons (Fsp3) is 0.474. The minimum Gasteiger partial charge on any atom is -0.508 e. The molecule has 26 heavy (non-hydrogen) atoms. The third kappa shape index (κ3) is 4.23. The summed E-state index contributed by atoms with van der Waals surface area (Å²) in [5.74, 6) is -0.844. The number of aromatic hydroxyl groups is 1. The first kappa shape index (κ1) is 19.9. The van der Waals surface area contributed by atoms with E-state index in [1.165, 1.54) is 6.07 Å². The lowest BCUT2D eigenvalue weighted by Crippen LogP contribution is -2.59. The molecule has 1 atom stereocenters. The minimum absolute atomic E-state index is 0.0981. The molecule has 1 aromatic heterocycles. The number of hydrogen-bond donors (Lipinski definition) is 4. The standard InChI is InChI=1S/C19H27N3O4/c1-3-4-5-9-19(2,18(25)26)22(21-11-12-23)17-8-10-20-16-13-14(24)6-7-15(16)17/h6-8,10,13,21,23-24H,3-5,9,11-12H2,1-2H3,(H,25,26). The minimum atomic E-state index is -1.20. The third-order valence-electron chi connectivity index (χ3n) is 4.55. The highest BCUT2D eigenvalue weighted by Crippen LogP contribution is 2.33. The van der Waals surface area contributed by atoms with Crippen LogP contribution in [-0.2, 0) is 4.79 Å². The van der Waals surface area contributed by atoms with Crippen molar-refractivity contribution in [1.29, 1.82) is 0 Å². The zero-order valence-corrected chi connectivity index (χ0v) is 15.3. The number of hydrazine groups is 1. The van der Waals surface area contributed by atoms with Crippen LogP contribution in [-0.4, -0.2) is 45.0 Å². The highest BCUT2D eigenvalue weighted by atomic mass is 16.4. The number of anilines is 1. The fourth-order valence-corrected chi connectivity index (χ4v) is 3.04. The van der Waals surface area contributed by atoms with Crippen LogP contribution in [0.15, 0.2) is 30.5 Å². The van der Waals surface area contributed by atoms with E-state index in [0.717, 1.165) is 24.6 Å². The van der Waals surface area contributed by atoms with Gasteiger partial charge in [-0.3, -0.25) is 9.99 Å². The quantitative estimate of drug-likeness (QED) is 0.381. The van der Waals surface area contributed by atoms with E-state index < -0.39 is 11.5 Å². The van der Waals surface area contributed by atoms with Crippen LogP contribution in [0.2, 0.25) is 0 Å². The van der Waals surface area contributed by atoms with Gasteiger partial charge in [-0.1, -0.05) is 26.2 Å². The summed E-state index contributed by atoms with van der Waals surface area (Å²) >= 11 is 0. The van der Waals surface area contributed by atoms with Crippen LogP contribution in [0.5, 0.6) is 5.75 Å². The molecule has 1 aromatic carbocycles. The van der Waals surface area contributed by atoms with Crippen molar-refractivity contribution < 1.29 is 20.1 Å². The lowest BCUT2D eigenvalue weighted by Gasteiger charge is -2.40. The number of unbranched alkanes of at least 4 members (excludes halogenated alkanes) is 2. The van der Waals surface area contributed by atoms with Gasteiger partial charge in [0.1, 0.15) is 5.75 Å². The van der Waals surface area contributed by atoms with E-state index in [9.17, 15) is 20.1 Å². The molecule has 7 heteroatoms. The Bertz CT molecular complexity index is 753. The molecular formula is C19H27N3O4. The molecular weight excluding hydrogens is 334 g/mol. The van der Waals surface area contributed by atoms with Crippen molar-refractivity contribution >= 4 is 22.6 Å². The van der Waals surface area contributed by atoms with Crippen molar-refractivity contribution in [3.63, 3.8) is 0 Å². The summed E-state index contributed by atoms with van der Waals surface area (Å²) < 4.78 is 0. The smallest absolute Gasteiger partial charge is 0.330 e. The molecule has 0 amide bonds. The molecule has 142 valence electrons. The Labute approximate surface area is 153 Å². The number of benzene rings is 1. The maximum Gasteiger partial charge on any atom is 0.330 e. The number of nitrogens with zero attached hydrogens (tertiary/aromatic N) is 2. The summed E-state index contributed by atoms with van der Waals surface area (Å²) in [6.07, 6.45) is 4.76. The van der Waals surface area contributed by atoms with Crippen molar-refractivity contribution in [1.82, 2.24) is 10.4 Å². The highest BCUT2D eigenvalue weighted by Gasteiger charge is 2.40. The number of carboxylic acids is 1. The van der Waals surface area contributed by atoms with Gasteiger partial charge < -0.3 is 15.3 Å². The lowest BCUT2D eigenvalue weighted by molar-refractivity contribution is -0.143. The highest BCUT2D eigenvalue weighted by molar-refractivity contribution is 5.95. The van der Waals surface area contributed by atoms with E-state index in [1.54, 1.807) is 36.3 Å². The number of rotatable bonds is 10. The van der Waals surface area contributed by atoms with Gasteiger partial charge in [0, 0.05) is 24.2 Å². The van der Waals surface area contributed by atoms with E-state index in [2.05, 4.69) is 17.3 Å². The number of aliphatic hydroxyl groups is 1. The average molecular weight is 361 g/mol. The Morgan fingerprint density at radius 3 is 2.73 bits per heavy atom. The number of aromatic nitrogens is 1. The Kier molecular flexibility index (Phi) is 6.76. The zero-order valence-electron chi connectivity index (χ0n) is 15.3. The molecule has 0 saturated heterocycles. The number of aliphatic hydroxyl groups excluding tert-OH is 1. The first-order valence-corrected chi connectivity index (χ1v) is 8.89. The monoisotopic (exact) mass is 361 g/mol. The van der Waals surface area contributed by atoms with Crippen molar-refractivity contribution in [2.45, 2.75) is 45.1 Å². The predicted molar refractivity (Wildman–Crippen MR) is 101 cm³/mol. The van der Waals surface area contributed by atoms with Gasteiger partial charge in [0.2, 0.25) is 0 Å². The van der Waals surface area contributed by atoms with Gasteiger partial charge in [-0.2, -0.15) is 0 Å². The van der Waals surface area contributed by atoms with E-state index in [-0.39, 0.29) is 18.9 Å². The maximum absolute atomic E-state index is 12.2. The summed E-state index contributed by atoms with van der Waals surface area (Å²) in [4.78, 5) is 16.4. The summed E-state index contributed by atoms with van der Waals surface area (Å²) in [7, 11) is 0. The van der Waals surface area contributed by atoms with Crippen LogP contribution in [0.4, 0.5) is 5.69 Å². The lowest BCUT2D eigenvalue weighted by atomic mass is 9.92. The van der Waals surface area contributed by atoms with Crippen LogP contribution in [0.1, 0.15) is 39.5 Å². The number of nitrogens with one attached hydrogen (secondary N) is 1. The van der Waals surface area contributed by atoms with Crippen LogP contribution in [0, 0.1) is 0 Å². The molecule has 0 aliphatic carbocycles. The van der Waals surface area contributed by atoms with Gasteiger partial charge in [-0.05, 0) is 31.5 Å². The number of hydrogen-bond acceptors (Lipinski definition) is 6. The third-order valence-corrected chi connectivity index (χ3v) is 4.55. The summed E-state index contributed by atoms with van der Waals surface area (Å²) in [6, 6.07) is 6.55. The van der Waals surface area contributed by atoms with Crippen LogP contribution >= 0.6 is 0 Å². The summed E-state index contributed by atoms with van der Waals surface area (Å²) in [5.41, 5.74) is 3.07. The number of aliphatic carboxylic acids is 1. The van der Waals surface area contributed by atoms with E-state index in [4.69, 9.17) is 0 Å². The molecule has 0 bridgehead atoms. The molecule has 4 N–H and O–H groups in total. The number of carbonyl (C=O) groups is 1. The average Bonchev–Trinajstić information content (AvgIpc) is 2.61. The Morgan fingerprint density at radius 2 is 2.08 bits per heavy atom. The molecule has 1 unspecified atom stereocenters. The van der Waals surface area contributed by atoms with Crippen molar-refractivity contribution in [3.05, 3.63) is 30.5 Å². The van der Waals surface area contributed by atoms with Gasteiger partial charge >= 0.3 is 5.97 Å². The van der Waals surface area contributed by atoms with Gasteiger partial charge in [0.25, 0.3) is 0 Å². The molecule has 0 aliphatic heterocycles. The molecule has 7 nitrogen and oxygen atoms in total. The zero-order chi connectivity index (χ0) is 19.2. The van der Waals surface area contributed by atoms with Crippen molar-refractivity contribution in [3.8, 4) is 5.75 Å². The maximum atomic E-state index is 12.2. The fourth-order valence-electron chi connectivity index (χ4n) is 3.04. The second kappa shape index (κ2) is 8.82. The predicted octanol–water partition coefficient (Wildman–Crippen LogP) is 2.67. The summed E-state index contributed by atoms with van der Waals surface area (Å²) in [5, 5.41) is 31.3. The number of fused-ring (bicyclic) bond motifs is 1. The molecule has 0 saturated carbocycles. The Morgan fingerprint density at radius 1 is 1.31 bits per heavy atom. The number of pyridine rings is 1. The Balaban J connectivity index is 2.53. The first-order chi connectivity index (χ1) is 12.4. The molecule has 2 aromatic rings. The molecule has 0 fully saturated rings. The van der Waals surface area contributed by atoms with E-state index in [1.807, 2.05) is 0 Å². The number of carboxylic acid groups (broad SMARTS) is 1. The second-order valence-electron chi connectivity index (χ2n) is 6.53. The first-order valence-electron chi connectivity index (χ1n) is 8.89. The molecule has 0 radical (unpaired) electrons. The van der Waals surface area contributed by atoms with Crippen molar-refractivity contribution in [2.24, 2.45) is 0 Å². The van der Waals surface area contributed by atoms with Crippen molar-refractivity contribution in [2.75, 3.05) is 18.2 Å². The normalized spacial score (nSPS) is 13.5. The molecule has 0 aliphatic rings. The second-order valence-corrected chi connectivity index (χ2v) is 6.53. The summed E-state index contributed by atoms with van der Waals surface area (Å²) in [6.45, 7) is 3.86. The largest absolute Gasteiger partial charge is 0.508 e. The van der Waals surface area contributed by atoms with E-state index in [0.29, 0.717) is 17.6 Å². The van der Waals surface area contributed by atoms with Crippen LogP contribution < -0.4 is 10.4 Å². The van der Waals surface area contributed by atoms with Crippen LogP contribution in [0.25, 0.3) is 10.9 Å². The SMILES string of the molecule is CCCCCC(C)(C(=O)O)N(NCCO)c1ccnc2cc(O)ccc12. The molecule has 0 spiro atoms. The topological polar surface area (TPSA) is 106 Å².